The first-order valence-corrected chi connectivity index (χ1v) is 6.97. The molecule has 1 unspecified atom stereocenters. The number of rotatable bonds is 4. The molecule has 0 aliphatic heterocycles. The Balaban J connectivity index is 1.95. The van der Waals surface area contributed by atoms with E-state index in [0.717, 1.165) is 22.0 Å². The molecule has 3 aromatic rings. The average molecular weight is 296 g/mol. The van der Waals surface area contributed by atoms with Crippen LogP contribution in [-0.4, -0.2) is 14.7 Å². The molecule has 0 amide bonds. The number of nitro groups is 1. The molecule has 1 atom stereocenters. The second-order valence-corrected chi connectivity index (χ2v) is 5.29. The Hall–Kier alpha value is -2.73. The number of hydrogen-bond acceptors (Lipinski definition) is 4. The first-order valence-electron chi connectivity index (χ1n) is 6.97. The zero-order valence-corrected chi connectivity index (χ0v) is 12.1. The van der Waals surface area contributed by atoms with E-state index in [0.29, 0.717) is 6.54 Å². The van der Waals surface area contributed by atoms with Gasteiger partial charge in [0, 0.05) is 23.6 Å². The van der Waals surface area contributed by atoms with Crippen molar-refractivity contribution in [3.8, 4) is 0 Å². The summed E-state index contributed by atoms with van der Waals surface area (Å²) < 4.78 is 1.72. The van der Waals surface area contributed by atoms with Crippen LogP contribution in [0.15, 0.2) is 48.7 Å². The fraction of sp³-hybridized carbons (Fsp3) is 0.188. The summed E-state index contributed by atoms with van der Waals surface area (Å²) >= 11 is 0. The van der Waals surface area contributed by atoms with Crippen LogP contribution in [0.4, 0.5) is 5.69 Å². The maximum Gasteiger partial charge on any atom is 0.271 e. The summed E-state index contributed by atoms with van der Waals surface area (Å²) in [5, 5.41) is 16.1. The van der Waals surface area contributed by atoms with E-state index in [-0.39, 0.29) is 11.7 Å². The molecule has 112 valence electrons. The monoisotopic (exact) mass is 296 g/mol. The lowest BCUT2D eigenvalue weighted by atomic mass is 10.0. The van der Waals surface area contributed by atoms with Gasteiger partial charge in [0.1, 0.15) is 0 Å². The summed E-state index contributed by atoms with van der Waals surface area (Å²) in [4.78, 5) is 10.5. The number of nitrogens with two attached hydrogens (primary N) is 1. The Morgan fingerprint density at radius 1 is 1.32 bits per heavy atom. The maximum atomic E-state index is 10.9. The number of fused-ring (bicyclic) bond motifs is 1. The van der Waals surface area contributed by atoms with Crippen LogP contribution in [0.25, 0.3) is 10.9 Å². The summed E-state index contributed by atoms with van der Waals surface area (Å²) in [6.07, 6.45) is 1.70. The van der Waals surface area contributed by atoms with Gasteiger partial charge in [0.25, 0.3) is 5.69 Å². The van der Waals surface area contributed by atoms with E-state index in [2.05, 4.69) is 5.10 Å². The molecule has 0 radical (unpaired) electrons. The number of aromatic nitrogens is 2. The summed E-state index contributed by atoms with van der Waals surface area (Å²) in [5.74, 6) is 0. The fourth-order valence-corrected chi connectivity index (χ4v) is 2.61. The summed E-state index contributed by atoms with van der Waals surface area (Å²) in [6.45, 7) is 2.48. The van der Waals surface area contributed by atoms with Crippen molar-refractivity contribution in [3.63, 3.8) is 0 Å². The quantitative estimate of drug-likeness (QED) is 0.592. The van der Waals surface area contributed by atoms with Crippen molar-refractivity contribution < 1.29 is 4.92 Å². The number of nitrogens with zero attached hydrogens (tertiary/aromatic N) is 3. The minimum Gasteiger partial charge on any atom is -0.322 e. The largest absolute Gasteiger partial charge is 0.322 e. The van der Waals surface area contributed by atoms with Crippen LogP contribution in [0, 0.1) is 17.0 Å². The lowest BCUT2D eigenvalue weighted by molar-refractivity contribution is -0.384. The summed E-state index contributed by atoms with van der Waals surface area (Å²) in [5.41, 5.74) is 9.23. The molecular weight excluding hydrogens is 280 g/mol. The molecule has 0 bridgehead atoms. The molecule has 22 heavy (non-hydrogen) atoms. The van der Waals surface area contributed by atoms with E-state index in [1.54, 1.807) is 16.9 Å². The molecule has 1 heterocycles. The van der Waals surface area contributed by atoms with Gasteiger partial charge in [0.15, 0.2) is 0 Å². The van der Waals surface area contributed by atoms with Crippen LogP contribution in [0.2, 0.25) is 0 Å². The van der Waals surface area contributed by atoms with Gasteiger partial charge in [-0.15, -0.1) is 0 Å². The van der Waals surface area contributed by atoms with Crippen LogP contribution in [0.1, 0.15) is 17.2 Å². The highest BCUT2D eigenvalue weighted by Crippen LogP contribution is 2.23. The number of non-ortho nitro benzene ring substituents is 1. The molecule has 2 N–H and O–H groups in total. The van der Waals surface area contributed by atoms with Gasteiger partial charge in [-0.05, 0) is 24.1 Å². The van der Waals surface area contributed by atoms with E-state index < -0.39 is 4.92 Å². The Bertz CT molecular complexity index is 841. The first kappa shape index (κ1) is 14.2. The average Bonchev–Trinajstić information content (AvgIpc) is 2.90. The van der Waals surface area contributed by atoms with Crippen LogP contribution in [0.3, 0.4) is 0 Å². The van der Waals surface area contributed by atoms with Gasteiger partial charge in [-0.25, -0.2) is 0 Å². The maximum absolute atomic E-state index is 10.9. The highest BCUT2D eigenvalue weighted by atomic mass is 16.6. The molecule has 0 aliphatic carbocycles. The third kappa shape index (κ3) is 2.56. The first-order chi connectivity index (χ1) is 10.6. The second kappa shape index (κ2) is 5.57. The minimum absolute atomic E-state index is 0.0544. The molecule has 6 nitrogen and oxygen atoms in total. The Kier molecular flexibility index (Phi) is 3.60. The minimum atomic E-state index is -0.405. The lowest BCUT2D eigenvalue weighted by Crippen LogP contribution is -2.19. The zero-order chi connectivity index (χ0) is 15.7. The number of nitro benzene ring substituents is 1. The van der Waals surface area contributed by atoms with Gasteiger partial charge in [-0.3, -0.25) is 14.8 Å². The van der Waals surface area contributed by atoms with Gasteiger partial charge >= 0.3 is 0 Å². The predicted molar refractivity (Wildman–Crippen MR) is 84.5 cm³/mol. The molecular formula is C16H16N4O2. The smallest absolute Gasteiger partial charge is 0.271 e. The van der Waals surface area contributed by atoms with Crippen LogP contribution < -0.4 is 5.73 Å². The van der Waals surface area contributed by atoms with Gasteiger partial charge in [-0.2, -0.15) is 5.10 Å². The van der Waals surface area contributed by atoms with Crippen LogP contribution >= 0.6 is 0 Å². The van der Waals surface area contributed by atoms with Crippen molar-refractivity contribution in [1.29, 1.82) is 0 Å². The van der Waals surface area contributed by atoms with Crippen LogP contribution in [-0.2, 0) is 6.54 Å². The Morgan fingerprint density at radius 3 is 2.82 bits per heavy atom. The van der Waals surface area contributed by atoms with Gasteiger partial charge in [0.2, 0.25) is 0 Å². The second-order valence-electron chi connectivity index (χ2n) is 5.29. The molecule has 0 spiro atoms. The molecule has 0 saturated carbocycles. The summed E-state index contributed by atoms with van der Waals surface area (Å²) in [6, 6.07) is 12.4. The van der Waals surface area contributed by atoms with E-state index >= 15 is 0 Å². The van der Waals surface area contributed by atoms with Crippen molar-refractivity contribution in [2.24, 2.45) is 5.73 Å². The van der Waals surface area contributed by atoms with Crippen molar-refractivity contribution in [1.82, 2.24) is 9.78 Å². The highest BCUT2D eigenvalue weighted by molar-refractivity contribution is 5.81. The van der Waals surface area contributed by atoms with Crippen molar-refractivity contribution >= 4 is 16.6 Å². The number of aryl methyl sites for hydroxylation is 1. The number of benzene rings is 2. The van der Waals surface area contributed by atoms with E-state index in [9.17, 15) is 10.1 Å². The fourth-order valence-electron chi connectivity index (χ4n) is 2.61. The SMILES string of the molecule is Cc1ccccc1C(N)Cn1ncc2ccc([N+](=O)[O-])cc21. The number of hydrogen-bond donors (Lipinski definition) is 1. The van der Waals surface area contributed by atoms with E-state index in [4.69, 9.17) is 5.73 Å². The topological polar surface area (TPSA) is 87.0 Å². The molecule has 0 aliphatic rings. The third-order valence-corrected chi connectivity index (χ3v) is 3.80. The molecule has 6 heteroatoms. The van der Waals surface area contributed by atoms with Crippen molar-refractivity contribution in [3.05, 3.63) is 69.9 Å². The van der Waals surface area contributed by atoms with Crippen molar-refractivity contribution in [2.45, 2.75) is 19.5 Å². The van der Waals surface area contributed by atoms with E-state index in [1.807, 2.05) is 31.2 Å². The van der Waals surface area contributed by atoms with Gasteiger partial charge < -0.3 is 5.73 Å². The third-order valence-electron chi connectivity index (χ3n) is 3.80. The van der Waals surface area contributed by atoms with Crippen molar-refractivity contribution in [2.75, 3.05) is 0 Å². The normalized spacial score (nSPS) is 12.5. The molecule has 0 fully saturated rings. The highest BCUT2D eigenvalue weighted by Gasteiger charge is 2.14. The van der Waals surface area contributed by atoms with Crippen LogP contribution in [0.5, 0.6) is 0 Å². The zero-order valence-electron chi connectivity index (χ0n) is 12.1. The predicted octanol–water partition coefficient (Wildman–Crippen LogP) is 2.95. The lowest BCUT2D eigenvalue weighted by Gasteiger charge is -2.15. The molecule has 0 saturated heterocycles. The Morgan fingerprint density at radius 2 is 2.09 bits per heavy atom. The molecule has 3 rings (SSSR count). The molecule has 2 aromatic carbocycles. The summed E-state index contributed by atoms with van der Waals surface area (Å²) in [7, 11) is 0. The Labute approximate surface area is 127 Å². The van der Waals surface area contributed by atoms with Gasteiger partial charge in [-0.1, -0.05) is 24.3 Å². The standard InChI is InChI=1S/C16H16N4O2/c1-11-4-2-3-5-14(11)15(17)10-19-16-8-13(20(21)22)7-6-12(16)9-18-19/h2-9,15H,10,17H2,1H3. The molecule has 1 aromatic heterocycles. The van der Waals surface area contributed by atoms with E-state index in [1.165, 1.54) is 12.1 Å². The van der Waals surface area contributed by atoms with Gasteiger partial charge in [0.05, 0.1) is 23.2 Å².